The van der Waals surface area contributed by atoms with Gasteiger partial charge in [-0.2, -0.15) is 0 Å². The van der Waals surface area contributed by atoms with Gasteiger partial charge in [0.25, 0.3) is 5.91 Å². The Balaban J connectivity index is 1.39. The number of aryl methyl sites for hydroxylation is 1. The molecule has 5 rings (SSSR count). The van der Waals surface area contributed by atoms with E-state index in [4.69, 9.17) is 9.47 Å². The van der Waals surface area contributed by atoms with Crippen LogP contribution >= 0.6 is 11.8 Å². The van der Waals surface area contributed by atoms with Crippen LogP contribution in [-0.4, -0.2) is 47.5 Å². The first kappa shape index (κ1) is 22.5. The molecule has 0 radical (unpaired) electrons. The molecule has 3 aliphatic heterocycles. The van der Waals surface area contributed by atoms with E-state index in [-0.39, 0.29) is 24.4 Å². The molecule has 0 atom stereocenters. The normalized spacial score (nSPS) is 18.9. The Morgan fingerprint density at radius 1 is 1.03 bits per heavy atom. The standard InChI is InChI=1S/C26H27N3O4S/c1-18-6-9-20(10-7-18)29-25(31)21(14-19-8-11-22-23(15-19)33-17-32-22)27-26(29)34-16-24(30)28-12-4-2-3-5-13-28/h6-11,14-15H,2-5,12-13,16-17H2,1H3. The van der Waals surface area contributed by atoms with Gasteiger partial charge in [-0.3, -0.25) is 14.5 Å². The summed E-state index contributed by atoms with van der Waals surface area (Å²) in [5.74, 6) is 1.47. The number of ether oxygens (including phenoxy) is 2. The number of nitrogens with zero attached hydrogens (tertiary/aromatic N) is 3. The molecule has 2 aromatic carbocycles. The Morgan fingerprint density at radius 2 is 1.76 bits per heavy atom. The van der Waals surface area contributed by atoms with Crippen molar-refractivity contribution in [1.82, 2.24) is 4.90 Å². The van der Waals surface area contributed by atoms with E-state index in [1.165, 1.54) is 24.6 Å². The van der Waals surface area contributed by atoms with Gasteiger partial charge < -0.3 is 14.4 Å². The van der Waals surface area contributed by atoms with Crippen LogP contribution in [0, 0.1) is 6.92 Å². The van der Waals surface area contributed by atoms with Crippen LogP contribution in [0.5, 0.6) is 11.5 Å². The molecule has 0 N–H and O–H groups in total. The summed E-state index contributed by atoms with van der Waals surface area (Å²) in [5, 5.41) is 0.518. The third kappa shape index (κ3) is 4.82. The molecule has 0 bridgehead atoms. The summed E-state index contributed by atoms with van der Waals surface area (Å²) in [7, 11) is 0. The Morgan fingerprint density at radius 3 is 2.53 bits per heavy atom. The van der Waals surface area contributed by atoms with Gasteiger partial charge in [0.2, 0.25) is 12.7 Å². The van der Waals surface area contributed by atoms with Crippen LogP contribution in [0.1, 0.15) is 36.8 Å². The highest BCUT2D eigenvalue weighted by Crippen LogP contribution is 2.34. The molecular formula is C26H27N3O4S. The lowest BCUT2D eigenvalue weighted by Gasteiger charge is -2.21. The van der Waals surface area contributed by atoms with E-state index in [9.17, 15) is 9.59 Å². The van der Waals surface area contributed by atoms with Gasteiger partial charge in [-0.25, -0.2) is 4.99 Å². The molecule has 176 valence electrons. The van der Waals surface area contributed by atoms with Crippen LogP contribution in [0.4, 0.5) is 5.69 Å². The van der Waals surface area contributed by atoms with E-state index in [2.05, 4.69) is 4.99 Å². The highest BCUT2D eigenvalue weighted by molar-refractivity contribution is 8.14. The van der Waals surface area contributed by atoms with Crippen molar-refractivity contribution in [3.05, 3.63) is 59.3 Å². The van der Waals surface area contributed by atoms with Crippen LogP contribution < -0.4 is 14.4 Å². The molecule has 3 heterocycles. The van der Waals surface area contributed by atoms with E-state index >= 15 is 0 Å². The summed E-state index contributed by atoms with van der Waals surface area (Å²) >= 11 is 1.32. The third-order valence-electron chi connectivity index (χ3n) is 6.11. The van der Waals surface area contributed by atoms with E-state index < -0.39 is 0 Å². The molecule has 1 saturated heterocycles. The minimum absolute atomic E-state index is 0.0964. The average molecular weight is 478 g/mol. The second-order valence-electron chi connectivity index (χ2n) is 8.60. The number of carbonyl (C=O) groups excluding carboxylic acids is 2. The van der Waals surface area contributed by atoms with Crippen LogP contribution in [-0.2, 0) is 9.59 Å². The first-order valence-electron chi connectivity index (χ1n) is 11.6. The minimum atomic E-state index is -0.216. The van der Waals surface area contributed by atoms with Gasteiger partial charge in [0.15, 0.2) is 16.7 Å². The zero-order valence-corrected chi connectivity index (χ0v) is 20.0. The molecule has 0 unspecified atom stereocenters. The van der Waals surface area contributed by atoms with Crippen LogP contribution in [0.3, 0.4) is 0 Å². The second-order valence-corrected chi connectivity index (χ2v) is 9.54. The van der Waals surface area contributed by atoms with E-state index in [1.807, 2.05) is 54.3 Å². The van der Waals surface area contributed by atoms with Gasteiger partial charge in [0.1, 0.15) is 5.70 Å². The Hall–Kier alpha value is -3.26. The number of benzene rings is 2. The number of hydrogen-bond donors (Lipinski definition) is 0. The Kier molecular flexibility index (Phi) is 6.58. The number of fused-ring (bicyclic) bond motifs is 1. The van der Waals surface area contributed by atoms with Crippen molar-refractivity contribution in [2.24, 2.45) is 4.99 Å². The Labute approximate surface area is 203 Å². The van der Waals surface area contributed by atoms with E-state index in [0.29, 0.717) is 22.4 Å². The van der Waals surface area contributed by atoms with Crippen molar-refractivity contribution in [3.8, 4) is 11.5 Å². The largest absolute Gasteiger partial charge is 0.454 e. The molecule has 1 fully saturated rings. The number of amides is 2. The second kappa shape index (κ2) is 9.93. The minimum Gasteiger partial charge on any atom is -0.454 e. The molecule has 0 aliphatic carbocycles. The number of amidine groups is 1. The molecule has 8 heteroatoms. The van der Waals surface area contributed by atoms with E-state index in [0.717, 1.165) is 42.7 Å². The summed E-state index contributed by atoms with van der Waals surface area (Å²) in [4.78, 5) is 34.5. The number of carbonyl (C=O) groups is 2. The Bertz CT molecular complexity index is 1150. The predicted molar refractivity (Wildman–Crippen MR) is 134 cm³/mol. The molecule has 0 spiro atoms. The molecule has 7 nitrogen and oxygen atoms in total. The number of hydrogen-bond acceptors (Lipinski definition) is 6. The van der Waals surface area contributed by atoms with Gasteiger partial charge >= 0.3 is 0 Å². The lowest BCUT2D eigenvalue weighted by Crippen LogP contribution is -2.35. The zero-order chi connectivity index (χ0) is 23.5. The summed E-state index contributed by atoms with van der Waals surface area (Å²) in [6.07, 6.45) is 6.19. The summed E-state index contributed by atoms with van der Waals surface area (Å²) in [6, 6.07) is 13.3. The van der Waals surface area contributed by atoms with Gasteiger partial charge in [-0.15, -0.1) is 0 Å². The number of anilines is 1. The summed E-state index contributed by atoms with van der Waals surface area (Å²) < 4.78 is 10.8. The third-order valence-corrected chi connectivity index (χ3v) is 7.03. The number of likely N-dealkylation sites (tertiary alicyclic amines) is 1. The lowest BCUT2D eigenvalue weighted by atomic mass is 10.1. The van der Waals surface area contributed by atoms with Crippen molar-refractivity contribution < 1.29 is 19.1 Å². The van der Waals surface area contributed by atoms with Crippen molar-refractivity contribution in [1.29, 1.82) is 0 Å². The van der Waals surface area contributed by atoms with Crippen LogP contribution in [0.25, 0.3) is 6.08 Å². The first-order valence-corrected chi connectivity index (χ1v) is 12.6. The molecule has 0 aromatic heterocycles. The number of rotatable bonds is 4. The number of aliphatic imine (C=N–C) groups is 1. The first-order chi connectivity index (χ1) is 16.6. The van der Waals surface area contributed by atoms with Crippen molar-refractivity contribution in [2.45, 2.75) is 32.6 Å². The molecule has 2 amide bonds. The van der Waals surface area contributed by atoms with Crippen molar-refractivity contribution in [3.63, 3.8) is 0 Å². The summed E-state index contributed by atoms with van der Waals surface area (Å²) in [6.45, 7) is 3.81. The predicted octanol–water partition coefficient (Wildman–Crippen LogP) is 4.60. The van der Waals surface area contributed by atoms with Gasteiger partial charge in [0, 0.05) is 13.1 Å². The molecule has 0 saturated carbocycles. The van der Waals surface area contributed by atoms with Crippen LogP contribution in [0.2, 0.25) is 0 Å². The molecule has 2 aromatic rings. The summed E-state index contributed by atoms with van der Waals surface area (Å²) in [5.41, 5.74) is 2.96. The SMILES string of the molecule is Cc1ccc(N2C(=O)C(=Cc3ccc4c(c3)OCO4)N=C2SCC(=O)N2CCCCCC2)cc1. The molecule has 34 heavy (non-hydrogen) atoms. The maximum atomic E-state index is 13.4. The smallest absolute Gasteiger partial charge is 0.283 e. The topological polar surface area (TPSA) is 71.4 Å². The van der Waals surface area contributed by atoms with Crippen LogP contribution in [0.15, 0.2) is 53.2 Å². The molecular weight excluding hydrogens is 450 g/mol. The highest BCUT2D eigenvalue weighted by atomic mass is 32.2. The fraction of sp³-hybridized carbons (Fsp3) is 0.346. The average Bonchev–Trinajstić information content (AvgIpc) is 3.31. The number of thioether (sulfide) groups is 1. The van der Waals surface area contributed by atoms with Crippen molar-refractivity contribution >= 4 is 40.5 Å². The molecule has 3 aliphatic rings. The van der Waals surface area contributed by atoms with Gasteiger partial charge in [0.05, 0.1) is 11.4 Å². The van der Waals surface area contributed by atoms with Gasteiger partial charge in [-0.05, 0) is 55.7 Å². The maximum Gasteiger partial charge on any atom is 0.283 e. The fourth-order valence-electron chi connectivity index (χ4n) is 4.21. The monoisotopic (exact) mass is 477 g/mol. The fourth-order valence-corrected chi connectivity index (χ4v) is 5.13. The highest BCUT2D eigenvalue weighted by Gasteiger charge is 2.33. The maximum absolute atomic E-state index is 13.4. The quantitative estimate of drug-likeness (QED) is 0.602. The lowest BCUT2D eigenvalue weighted by molar-refractivity contribution is -0.128. The zero-order valence-electron chi connectivity index (χ0n) is 19.2. The van der Waals surface area contributed by atoms with Gasteiger partial charge in [-0.1, -0.05) is 48.4 Å². The van der Waals surface area contributed by atoms with E-state index in [1.54, 1.807) is 11.0 Å². The van der Waals surface area contributed by atoms with Crippen molar-refractivity contribution in [2.75, 3.05) is 30.5 Å².